The average molecular weight is 431 g/mol. The Hall–Kier alpha value is -2.41. The van der Waals surface area contributed by atoms with Crippen molar-refractivity contribution < 1.29 is 0 Å². The third-order valence-corrected chi connectivity index (χ3v) is 5.14. The molecule has 0 atom stereocenters. The molecule has 3 heterocycles. The number of hydrogen-bond donors (Lipinski definition) is 0. The van der Waals surface area contributed by atoms with Crippen LogP contribution in [0, 0.1) is 6.92 Å². The van der Waals surface area contributed by atoms with Gasteiger partial charge in [-0.25, -0.2) is 14.6 Å². The summed E-state index contributed by atoms with van der Waals surface area (Å²) >= 11 is 6.11. The molecule has 29 heavy (non-hydrogen) atoms. The zero-order valence-electron chi connectivity index (χ0n) is 16.3. The first-order valence-corrected chi connectivity index (χ1v) is 9.80. The second kappa shape index (κ2) is 9.87. The van der Waals surface area contributed by atoms with Crippen LogP contribution >= 0.6 is 24.0 Å². The van der Waals surface area contributed by atoms with Crippen molar-refractivity contribution in [2.45, 2.75) is 6.92 Å². The van der Waals surface area contributed by atoms with Gasteiger partial charge < -0.3 is 4.90 Å². The minimum atomic E-state index is 0. The highest BCUT2D eigenvalue weighted by Crippen LogP contribution is 2.20. The lowest BCUT2D eigenvalue weighted by atomic mass is 10.2. The Morgan fingerprint density at radius 3 is 2.55 bits per heavy atom. The van der Waals surface area contributed by atoms with Crippen molar-refractivity contribution in [3.8, 4) is 5.95 Å². The fraction of sp³-hybridized carbons (Fsp3) is 0.286. The summed E-state index contributed by atoms with van der Waals surface area (Å²) in [6.45, 7) is 7.02. The molecule has 1 aromatic carbocycles. The molecule has 0 unspecified atom stereocenters. The maximum absolute atomic E-state index is 6.11. The molecule has 0 amide bonds. The Morgan fingerprint density at radius 1 is 1.07 bits per heavy atom. The molecule has 1 aliphatic heterocycles. The highest BCUT2D eigenvalue weighted by Gasteiger charge is 2.16. The summed E-state index contributed by atoms with van der Waals surface area (Å²) in [6, 6.07) is 9.88. The van der Waals surface area contributed by atoms with Gasteiger partial charge in [-0.3, -0.25) is 4.90 Å². The highest BCUT2D eigenvalue weighted by atomic mass is 35.5. The van der Waals surface area contributed by atoms with E-state index in [1.807, 2.05) is 31.3 Å². The first kappa shape index (κ1) is 21.3. The number of anilines is 1. The lowest BCUT2D eigenvalue weighted by molar-refractivity contribution is 0.284. The number of benzene rings is 1. The van der Waals surface area contributed by atoms with Crippen LogP contribution < -0.4 is 4.90 Å². The van der Waals surface area contributed by atoms with Crippen LogP contribution in [0.5, 0.6) is 0 Å². The van der Waals surface area contributed by atoms with Crippen LogP contribution in [0.2, 0.25) is 5.02 Å². The number of piperazine rings is 1. The summed E-state index contributed by atoms with van der Waals surface area (Å²) in [5, 5.41) is 5.30. The van der Waals surface area contributed by atoms with Crippen molar-refractivity contribution in [2.75, 3.05) is 37.6 Å². The van der Waals surface area contributed by atoms with Crippen molar-refractivity contribution in [3.63, 3.8) is 0 Å². The summed E-state index contributed by atoms with van der Waals surface area (Å²) in [6.07, 6.45) is 9.74. The Bertz CT molecular complexity index is 949. The van der Waals surface area contributed by atoms with E-state index in [4.69, 9.17) is 11.6 Å². The van der Waals surface area contributed by atoms with Crippen LogP contribution in [0.25, 0.3) is 12.0 Å². The molecule has 1 aliphatic rings. The van der Waals surface area contributed by atoms with Crippen molar-refractivity contribution in [2.24, 2.45) is 0 Å². The van der Waals surface area contributed by atoms with Crippen LogP contribution in [0.4, 0.5) is 5.69 Å². The SMILES string of the molecule is Cc1nn(-c2ncccn2)cc1/C=C/CN1CCN(c2cccc(Cl)c2)CC1.Cl. The molecule has 6 nitrogen and oxygen atoms in total. The van der Waals surface area contributed by atoms with Crippen LogP contribution in [0.15, 0.2) is 55.0 Å². The van der Waals surface area contributed by atoms with E-state index in [9.17, 15) is 0 Å². The summed E-state index contributed by atoms with van der Waals surface area (Å²) < 4.78 is 1.72. The molecule has 2 aromatic heterocycles. The zero-order valence-corrected chi connectivity index (χ0v) is 17.9. The topological polar surface area (TPSA) is 50.1 Å². The largest absolute Gasteiger partial charge is 0.369 e. The van der Waals surface area contributed by atoms with Gasteiger partial charge in [-0.1, -0.05) is 29.8 Å². The van der Waals surface area contributed by atoms with E-state index in [1.165, 1.54) is 5.69 Å². The van der Waals surface area contributed by atoms with Crippen molar-refractivity contribution in [1.82, 2.24) is 24.6 Å². The third kappa shape index (κ3) is 5.35. The lowest BCUT2D eigenvalue weighted by Crippen LogP contribution is -2.46. The molecular formula is C21H24Cl2N6. The zero-order chi connectivity index (χ0) is 19.3. The number of hydrogen-bond acceptors (Lipinski definition) is 5. The molecule has 8 heteroatoms. The first-order valence-electron chi connectivity index (χ1n) is 9.42. The second-order valence-corrected chi connectivity index (χ2v) is 7.27. The third-order valence-electron chi connectivity index (χ3n) is 4.90. The predicted octanol–water partition coefficient (Wildman–Crippen LogP) is 3.88. The van der Waals surface area contributed by atoms with Gasteiger partial charge in [0.15, 0.2) is 0 Å². The van der Waals surface area contributed by atoms with E-state index in [-0.39, 0.29) is 12.4 Å². The molecule has 4 rings (SSSR count). The van der Waals surface area contributed by atoms with Gasteiger partial charge in [0.1, 0.15) is 0 Å². The molecule has 3 aromatic rings. The van der Waals surface area contributed by atoms with Gasteiger partial charge in [-0.05, 0) is 31.2 Å². The van der Waals surface area contributed by atoms with Crippen LogP contribution in [0.3, 0.4) is 0 Å². The van der Waals surface area contributed by atoms with Gasteiger partial charge in [0.05, 0.1) is 5.69 Å². The van der Waals surface area contributed by atoms with E-state index in [0.717, 1.165) is 49.0 Å². The van der Waals surface area contributed by atoms with E-state index in [2.05, 4.69) is 43.1 Å². The second-order valence-electron chi connectivity index (χ2n) is 6.83. The van der Waals surface area contributed by atoms with Crippen molar-refractivity contribution in [1.29, 1.82) is 0 Å². The van der Waals surface area contributed by atoms with E-state index in [0.29, 0.717) is 5.95 Å². The van der Waals surface area contributed by atoms with Gasteiger partial charge in [-0.15, -0.1) is 12.4 Å². The number of aromatic nitrogens is 4. The average Bonchev–Trinajstić information content (AvgIpc) is 3.10. The standard InChI is InChI=1S/C21H23ClN6.ClH/c1-17-18(16-28(25-17)21-23-8-4-9-24-21)5-3-10-26-11-13-27(14-12-26)20-7-2-6-19(22)15-20;/h2-9,15-16H,10-14H2,1H3;1H/b5-3+;. The maximum atomic E-state index is 6.11. The van der Waals surface area contributed by atoms with Crippen LogP contribution in [-0.2, 0) is 0 Å². The minimum Gasteiger partial charge on any atom is -0.369 e. The quantitative estimate of drug-likeness (QED) is 0.614. The Kier molecular flexibility index (Phi) is 7.25. The highest BCUT2D eigenvalue weighted by molar-refractivity contribution is 6.30. The predicted molar refractivity (Wildman–Crippen MR) is 120 cm³/mol. The number of halogens is 2. The number of rotatable bonds is 5. The molecule has 1 fully saturated rings. The summed E-state index contributed by atoms with van der Waals surface area (Å²) in [7, 11) is 0. The van der Waals surface area contributed by atoms with E-state index in [1.54, 1.807) is 23.1 Å². The fourth-order valence-electron chi connectivity index (χ4n) is 3.34. The molecular weight excluding hydrogens is 407 g/mol. The lowest BCUT2D eigenvalue weighted by Gasteiger charge is -2.35. The minimum absolute atomic E-state index is 0. The van der Waals surface area contributed by atoms with Crippen molar-refractivity contribution >= 4 is 35.8 Å². The smallest absolute Gasteiger partial charge is 0.250 e. The van der Waals surface area contributed by atoms with E-state index < -0.39 is 0 Å². The number of nitrogens with zero attached hydrogens (tertiary/aromatic N) is 6. The van der Waals surface area contributed by atoms with Gasteiger partial charge >= 0.3 is 0 Å². The molecule has 0 spiro atoms. The molecule has 0 aliphatic carbocycles. The van der Waals surface area contributed by atoms with Crippen molar-refractivity contribution in [3.05, 3.63) is 71.3 Å². The van der Waals surface area contributed by atoms with Crippen LogP contribution in [0.1, 0.15) is 11.3 Å². The van der Waals surface area contributed by atoms with E-state index >= 15 is 0 Å². The van der Waals surface area contributed by atoms with Crippen LogP contribution in [-0.4, -0.2) is 57.4 Å². The Balaban J connectivity index is 0.00000240. The summed E-state index contributed by atoms with van der Waals surface area (Å²) in [5.41, 5.74) is 3.26. The normalized spacial score (nSPS) is 14.9. The molecule has 0 N–H and O–H groups in total. The first-order chi connectivity index (χ1) is 13.7. The molecule has 152 valence electrons. The summed E-state index contributed by atoms with van der Waals surface area (Å²) in [5.74, 6) is 0.586. The molecule has 0 radical (unpaired) electrons. The Morgan fingerprint density at radius 2 is 1.83 bits per heavy atom. The van der Waals surface area contributed by atoms with Gasteiger partial charge in [0.2, 0.25) is 5.95 Å². The molecule has 1 saturated heterocycles. The maximum Gasteiger partial charge on any atom is 0.250 e. The fourth-order valence-corrected chi connectivity index (χ4v) is 3.52. The van der Waals surface area contributed by atoms with Gasteiger partial charge in [0, 0.05) is 67.6 Å². The Labute approximate surface area is 182 Å². The molecule has 0 saturated carbocycles. The van der Waals surface area contributed by atoms with Gasteiger partial charge in [0.25, 0.3) is 0 Å². The molecule has 0 bridgehead atoms. The monoisotopic (exact) mass is 430 g/mol. The van der Waals surface area contributed by atoms with Gasteiger partial charge in [-0.2, -0.15) is 5.10 Å². The number of aryl methyl sites for hydroxylation is 1. The summed E-state index contributed by atoms with van der Waals surface area (Å²) in [4.78, 5) is 13.3.